The van der Waals surface area contributed by atoms with E-state index in [1.54, 1.807) is 19.2 Å². The molecule has 21 heavy (non-hydrogen) atoms. The van der Waals surface area contributed by atoms with Gasteiger partial charge in [0.15, 0.2) is 0 Å². The molecule has 0 aliphatic heterocycles. The Morgan fingerprint density at radius 2 is 1.86 bits per heavy atom. The molecule has 0 unspecified atom stereocenters. The quantitative estimate of drug-likeness (QED) is 0.884. The zero-order valence-electron chi connectivity index (χ0n) is 11.7. The predicted molar refractivity (Wildman–Crippen MR) is 85.2 cm³/mol. The summed E-state index contributed by atoms with van der Waals surface area (Å²) in [6, 6.07) is 14.6. The first-order chi connectivity index (χ1) is 10.2. The lowest BCUT2D eigenvalue weighted by Crippen LogP contribution is -2.30. The molecule has 0 aliphatic carbocycles. The van der Waals surface area contributed by atoms with Crippen molar-refractivity contribution >= 4 is 23.3 Å². The topological polar surface area (TPSA) is 50.4 Å². The van der Waals surface area contributed by atoms with Crippen LogP contribution in [0.25, 0.3) is 0 Å². The van der Waals surface area contributed by atoms with Gasteiger partial charge < -0.3 is 15.4 Å². The third-order valence-corrected chi connectivity index (χ3v) is 3.22. The van der Waals surface area contributed by atoms with E-state index >= 15 is 0 Å². The monoisotopic (exact) mass is 304 g/mol. The van der Waals surface area contributed by atoms with E-state index < -0.39 is 0 Å². The van der Waals surface area contributed by atoms with Crippen molar-refractivity contribution in [2.45, 2.75) is 6.42 Å². The van der Waals surface area contributed by atoms with Gasteiger partial charge in [-0.3, -0.25) is 0 Å². The summed E-state index contributed by atoms with van der Waals surface area (Å²) in [6.07, 6.45) is 0.747. The maximum atomic E-state index is 11.8. The molecule has 4 nitrogen and oxygen atoms in total. The molecule has 2 rings (SSSR count). The van der Waals surface area contributed by atoms with Gasteiger partial charge in [-0.15, -0.1) is 0 Å². The highest BCUT2D eigenvalue weighted by molar-refractivity contribution is 6.30. The number of halogens is 1. The Morgan fingerprint density at radius 1 is 1.14 bits per heavy atom. The summed E-state index contributed by atoms with van der Waals surface area (Å²) in [4.78, 5) is 11.8. The summed E-state index contributed by atoms with van der Waals surface area (Å²) < 4.78 is 5.18. The lowest BCUT2D eigenvalue weighted by molar-refractivity contribution is 0.252. The number of amides is 2. The Labute approximate surface area is 129 Å². The number of benzene rings is 2. The summed E-state index contributed by atoms with van der Waals surface area (Å²) >= 11 is 5.82. The second-order valence-corrected chi connectivity index (χ2v) is 4.89. The van der Waals surface area contributed by atoms with Crippen molar-refractivity contribution in [3.8, 4) is 5.75 Å². The van der Waals surface area contributed by atoms with Crippen molar-refractivity contribution in [1.82, 2.24) is 5.32 Å². The number of anilines is 1. The van der Waals surface area contributed by atoms with Crippen molar-refractivity contribution < 1.29 is 9.53 Å². The Kier molecular flexibility index (Phi) is 5.46. The van der Waals surface area contributed by atoms with Gasteiger partial charge in [-0.1, -0.05) is 35.9 Å². The van der Waals surface area contributed by atoms with Crippen LogP contribution in [-0.4, -0.2) is 19.7 Å². The van der Waals surface area contributed by atoms with Crippen LogP contribution < -0.4 is 15.4 Å². The third-order valence-electron chi connectivity index (χ3n) is 2.97. The highest BCUT2D eigenvalue weighted by Gasteiger charge is 2.05. The molecule has 0 atom stereocenters. The molecule has 5 heteroatoms. The summed E-state index contributed by atoms with van der Waals surface area (Å²) in [5.41, 5.74) is 1.76. The van der Waals surface area contributed by atoms with E-state index in [0.29, 0.717) is 23.0 Å². The average Bonchev–Trinajstić information content (AvgIpc) is 2.50. The van der Waals surface area contributed by atoms with Gasteiger partial charge in [0.1, 0.15) is 5.75 Å². The number of methoxy groups -OCH3 is 1. The number of urea groups is 1. The Hall–Kier alpha value is -2.20. The van der Waals surface area contributed by atoms with Gasteiger partial charge in [0, 0.05) is 11.6 Å². The van der Waals surface area contributed by atoms with E-state index in [0.717, 1.165) is 12.0 Å². The average molecular weight is 305 g/mol. The standard InChI is InChI=1S/C16H17ClN2O2/c1-21-15-5-3-2-4-14(15)19-16(20)18-11-10-12-6-8-13(17)9-7-12/h2-9H,10-11H2,1H3,(H2,18,19,20). The number of ether oxygens (including phenoxy) is 1. The molecular weight excluding hydrogens is 288 g/mol. The Balaban J connectivity index is 1.81. The molecule has 0 fully saturated rings. The predicted octanol–water partition coefficient (Wildman–Crippen LogP) is 3.71. The molecule has 2 amide bonds. The molecule has 0 aliphatic rings. The fraction of sp³-hybridized carbons (Fsp3) is 0.188. The van der Waals surface area contributed by atoms with E-state index in [1.165, 1.54) is 0 Å². The molecule has 0 radical (unpaired) electrons. The van der Waals surface area contributed by atoms with Gasteiger partial charge in [0.25, 0.3) is 0 Å². The minimum absolute atomic E-state index is 0.256. The van der Waals surface area contributed by atoms with Crippen molar-refractivity contribution in [3.63, 3.8) is 0 Å². The smallest absolute Gasteiger partial charge is 0.319 e. The molecule has 2 aromatic rings. The maximum absolute atomic E-state index is 11.8. The van der Waals surface area contributed by atoms with E-state index in [9.17, 15) is 4.79 Å². The molecule has 0 saturated heterocycles. The lowest BCUT2D eigenvalue weighted by Gasteiger charge is -2.10. The van der Waals surface area contributed by atoms with Crippen molar-refractivity contribution in [1.29, 1.82) is 0 Å². The Morgan fingerprint density at radius 3 is 2.57 bits per heavy atom. The SMILES string of the molecule is COc1ccccc1NC(=O)NCCc1ccc(Cl)cc1. The highest BCUT2D eigenvalue weighted by Crippen LogP contribution is 2.22. The normalized spacial score (nSPS) is 10.0. The van der Waals surface area contributed by atoms with Crippen LogP contribution in [-0.2, 0) is 6.42 Å². The largest absolute Gasteiger partial charge is 0.495 e. The van der Waals surface area contributed by atoms with Crippen LogP contribution in [0.4, 0.5) is 10.5 Å². The van der Waals surface area contributed by atoms with Crippen LogP contribution in [0.1, 0.15) is 5.56 Å². The van der Waals surface area contributed by atoms with E-state index in [1.807, 2.05) is 36.4 Å². The second kappa shape index (κ2) is 7.55. The minimum atomic E-state index is -0.256. The number of hydrogen-bond donors (Lipinski definition) is 2. The number of hydrogen-bond acceptors (Lipinski definition) is 2. The molecule has 2 N–H and O–H groups in total. The van der Waals surface area contributed by atoms with Crippen LogP contribution in [0.15, 0.2) is 48.5 Å². The van der Waals surface area contributed by atoms with Gasteiger partial charge in [-0.05, 0) is 36.2 Å². The number of para-hydroxylation sites is 2. The molecule has 110 valence electrons. The summed E-state index contributed by atoms with van der Waals surface area (Å²) in [7, 11) is 1.57. The molecule has 2 aromatic carbocycles. The molecule has 0 aromatic heterocycles. The fourth-order valence-corrected chi connectivity index (χ4v) is 2.01. The van der Waals surface area contributed by atoms with Crippen LogP contribution in [0, 0.1) is 0 Å². The highest BCUT2D eigenvalue weighted by atomic mass is 35.5. The fourth-order valence-electron chi connectivity index (χ4n) is 1.89. The van der Waals surface area contributed by atoms with Crippen molar-refractivity contribution in [2.24, 2.45) is 0 Å². The molecule has 0 bridgehead atoms. The Bertz CT molecular complexity index is 599. The first-order valence-electron chi connectivity index (χ1n) is 6.61. The zero-order valence-corrected chi connectivity index (χ0v) is 12.5. The molecular formula is C16H17ClN2O2. The number of nitrogens with one attached hydrogen (secondary N) is 2. The number of carbonyl (C=O) groups excluding carboxylic acids is 1. The van der Waals surface area contributed by atoms with Crippen LogP contribution >= 0.6 is 11.6 Å². The summed E-state index contributed by atoms with van der Waals surface area (Å²) in [5, 5.41) is 6.28. The van der Waals surface area contributed by atoms with Crippen LogP contribution in [0.5, 0.6) is 5.75 Å². The minimum Gasteiger partial charge on any atom is -0.495 e. The number of rotatable bonds is 5. The molecule has 0 spiro atoms. The third kappa shape index (κ3) is 4.68. The van der Waals surface area contributed by atoms with Crippen LogP contribution in [0.3, 0.4) is 0 Å². The van der Waals surface area contributed by atoms with E-state index in [-0.39, 0.29) is 6.03 Å². The lowest BCUT2D eigenvalue weighted by atomic mass is 10.1. The zero-order chi connectivity index (χ0) is 15.1. The molecule has 0 saturated carbocycles. The summed E-state index contributed by atoms with van der Waals surface area (Å²) in [6.45, 7) is 0.544. The van der Waals surface area contributed by atoms with Gasteiger partial charge in [0.2, 0.25) is 0 Å². The van der Waals surface area contributed by atoms with E-state index in [2.05, 4.69) is 10.6 Å². The van der Waals surface area contributed by atoms with E-state index in [4.69, 9.17) is 16.3 Å². The van der Waals surface area contributed by atoms with Gasteiger partial charge in [-0.2, -0.15) is 0 Å². The summed E-state index contributed by atoms with van der Waals surface area (Å²) in [5.74, 6) is 0.630. The van der Waals surface area contributed by atoms with Crippen molar-refractivity contribution in [3.05, 3.63) is 59.1 Å². The second-order valence-electron chi connectivity index (χ2n) is 4.46. The van der Waals surface area contributed by atoms with Gasteiger partial charge in [-0.25, -0.2) is 4.79 Å². The molecule has 0 heterocycles. The maximum Gasteiger partial charge on any atom is 0.319 e. The van der Waals surface area contributed by atoms with Crippen LogP contribution in [0.2, 0.25) is 5.02 Å². The first kappa shape index (κ1) is 15.2. The van der Waals surface area contributed by atoms with Gasteiger partial charge >= 0.3 is 6.03 Å². The van der Waals surface area contributed by atoms with Gasteiger partial charge in [0.05, 0.1) is 12.8 Å². The van der Waals surface area contributed by atoms with Crippen molar-refractivity contribution in [2.75, 3.05) is 19.0 Å². The number of carbonyl (C=O) groups is 1. The first-order valence-corrected chi connectivity index (χ1v) is 6.99.